The minimum Gasteiger partial charge on any atom is -0.494 e. The smallest absolute Gasteiger partial charge is 0.254 e. The van der Waals surface area contributed by atoms with Gasteiger partial charge in [-0.3, -0.25) is 14.5 Å². The van der Waals surface area contributed by atoms with Crippen molar-refractivity contribution in [1.82, 2.24) is 14.7 Å². The predicted molar refractivity (Wildman–Crippen MR) is 147 cm³/mol. The Balaban J connectivity index is 1.07. The lowest BCUT2D eigenvalue weighted by Gasteiger charge is -2.34. The number of likely N-dealkylation sites (tertiary alicyclic amines) is 1. The number of carbonyl (C=O) groups is 2. The molecular weight excluding hydrogens is 462 g/mol. The molecule has 0 N–H and O–H groups in total. The molecule has 2 fully saturated rings. The zero-order chi connectivity index (χ0) is 25.6. The molecule has 3 aromatic rings. The number of benzene rings is 3. The van der Waals surface area contributed by atoms with Gasteiger partial charge in [-0.1, -0.05) is 36.4 Å². The van der Waals surface area contributed by atoms with Crippen molar-refractivity contribution in [2.24, 2.45) is 0 Å². The third-order valence-corrected chi connectivity index (χ3v) is 7.77. The average molecular weight is 500 g/mol. The molecule has 194 valence electrons. The lowest BCUT2D eigenvalue weighted by Crippen LogP contribution is -2.49. The first-order chi connectivity index (χ1) is 18.1. The Morgan fingerprint density at radius 1 is 0.892 bits per heavy atom. The molecule has 1 atom stereocenters. The first-order valence-electron chi connectivity index (χ1n) is 13.6. The molecule has 6 nitrogen and oxygen atoms in total. The van der Waals surface area contributed by atoms with E-state index in [2.05, 4.69) is 16.7 Å². The van der Waals surface area contributed by atoms with E-state index in [1.54, 1.807) is 0 Å². The van der Waals surface area contributed by atoms with Crippen LogP contribution in [0.3, 0.4) is 0 Å². The van der Waals surface area contributed by atoms with Crippen molar-refractivity contribution >= 4 is 22.5 Å². The van der Waals surface area contributed by atoms with Crippen LogP contribution in [0.25, 0.3) is 10.8 Å². The topological polar surface area (TPSA) is 53.1 Å². The third kappa shape index (κ3) is 6.20. The first kappa shape index (κ1) is 25.4. The highest BCUT2D eigenvalue weighted by Crippen LogP contribution is 2.21. The summed E-state index contributed by atoms with van der Waals surface area (Å²) >= 11 is 0. The van der Waals surface area contributed by atoms with Gasteiger partial charge in [-0.05, 0) is 73.8 Å². The minimum absolute atomic E-state index is 0.0632. The highest BCUT2D eigenvalue weighted by molar-refractivity contribution is 6.07. The monoisotopic (exact) mass is 499 g/mol. The third-order valence-electron chi connectivity index (χ3n) is 7.77. The Kier molecular flexibility index (Phi) is 8.17. The summed E-state index contributed by atoms with van der Waals surface area (Å²) < 4.78 is 5.90. The summed E-state index contributed by atoms with van der Waals surface area (Å²) in [4.78, 5) is 32.6. The number of piperazine rings is 1. The molecular formula is C31H37N3O3. The summed E-state index contributed by atoms with van der Waals surface area (Å²) in [5.74, 6) is 0.975. The van der Waals surface area contributed by atoms with E-state index in [1.165, 1.54) is 19.4 Å². The van der Waals surface area contributed by atoms with Crippen LogP contribution in [0.5, 0.6) is 5.75 Å². The van der Waals surface area contributed by atoms with E-state index in [0.717, 1.165) is 35.1 Å². The molecule has 0 radical (unpaired) electrons. The summed E-state index contributed by atoms with van der Waals surface area (Å²) in [6.45, 7) is 8.28. The summed E-state index contributed by atoms with van der Waals surface area (Å²) in [6.07, 6.45) is 3.62. The highest BCUT2D eigenvalue weighted by atomic mass is 16.5. The number of amides is 1. The van der Waals surface area contributed by atoms with Gasteiger partial charge in [0, 0.05) is 49.9 Å². The maximum Gasteiger partial charge on any atom is 0.254 e. The van der Waals surface area contributed by atoms with Gasteiger partial charge in [-0.25, -0.2) is 0 Å². The number of hydrogen-bond donors (Lipinski definition) is 0. The molecule has 5 rings (SSSR count). The molecule has 6 heteroatoms. The maximum atomic E-state index is 13.2. The van der Waals surface area contributed by atoms with Crippen molar-refractivity contribution in [1.29, 1.82) is 0 Å². The molecule has 1 amide bonds. The second-order valence-electron chi connectivity index (χ2n) is 10.3. The van der Waals surface area contributed by atoms with Gasteiger partial charge in [-0.2, -0.15) is 0 Å². The molecule has 0 bridgehead atoms. The lowest BCUT2D eigenvalue weighted by atomic mass is 10.0. The van der Waals surface area contributed by atoms with Gasteiger partial charge in [0.25, 0.3) is 5.91 Å². The van der Waals surface area contributed by atoms with Gasteiger partial charge >= 0.3 is 0 Å². The molecule has 0 aromatic heterocycles. The predicted octanol–water partition coefficient (Wildman–Crippen LogP) is 4.73. The molecule has 3 aromatic carbocycles. The lowest BCUT2D eigenvalue weighted by molar-refractivity contribution is 0.0626. The number of ketones is 1. The van der Waals surface area contributed by atoms with E-state index < -0.39 is 0 Å². The van der Waals surface area contributed by atoms with Gasteiger partial charge in [-0.15, -0.1) is 0 Å². The van der Waals surface area contributed by atoms with E-state index in [9.17, 15) is 9.59 Å². The molecule has 2 aliphatic rings. The minimum atomic E-state index is 0.0632. The maximum absolute atomic E-state index is 13.2. The van der Waals surface area contributed by atoms with Gasteiger partial charge < -0.3 is 14.5 Å². The second-order valence-corrected chi connectivity index (χ2v) is 10.3. The number of Topliss-reactive ketones (excluding diaryl/α,β-unsaturated/α-hetero) is 1. The van der Waals surface area contributed by atoms with Crippen LogP contribution < -0.4 is 4.74 Å². The zero-order valence-electron chi connectivity index (χ0n) is 21.8. The van der Waals surface area contributed by atoms with Crippen molar-refractivity contribution in [3.63, 3.8) is 0 Å². The van der Waals surface area contributed by atoms with Gasteiger partial charge in [0.2, 0.25) is 0 Å². The normalized spacial score (nSPS) is 18.8. The van der Waals surface area contributed by atoms with Crippen molar-refractivity contribution in [3.05, 3.63) is 77.9 Å². The van der Waals surface area contributed by atoms with E-state index >= 15 is 0 Å². The van der Waals surface area contributed by atoms with Crippen molar-refractivity contribution in [3.8, 4) is 5.75 Å². The fraction of sp³-hybridized carbons (Fsp3) is 0.419. The van der Waals surface area contributed by atoms with Crippen LogP contribution in [0.15, 0.2) is 66.7 Å². The van der Waals surface area contributed by atoms with Crippen molar-refractivity contribution in [2.75, 3.05) is 52.4 Å². The van der Waals surface area contributed by atoms with Crippen molar-refractivity contribution < 1.29 is 14.3 Å². The second kappa shape index (κ2) is 11.9. The van der Waals surface area contributed by atoms with Crippen LogP contribution in [0.1, 0.15) is 46.9 Å². The van der Waals surface area contributed by atoms with Crippen LogP contribution in [-0.2, 0) is 0 Å². The molecule has 0 aliphatic carbocycles. The summed E-state index contributed by atoms with van der Waals surface area (Å²) in [6, 6.07) is 22.1. The number of hydrogen-bond acceptors (Lipinski definition) is 5. The quantitative estimate of drug-likeness (QED) is 0.315. The molecule has 0 saturated carbocycles. The Labute approximate surface area is 219 Å². The van der Waals surface area contributed by atoms with E-state index in [4.69, 9.17) is 4.74 Å². The summed E-state index contributed by atoms with van der Waals surface area (Å²) in [5, 5.41) is 2.06. The van der Waals surface area contributed by atoms with Crippen LogP contribution >= 0.6 is 0 Å². The van der Waals surface area contributed by atoms with Gasteiger partial charge in [0.15, 0.2) is 5.78 Å². The fourth-order valence-corrected chi connectivity index (χ4v) is 5.51. The summed E-state index contributed by atoms with van der Waals surface area (Å²) in [5.41, 5.74) is 1.45. The molecule has 2 heterocycles. The number of carbonyl (C=O) groups excluding carboxylic acids is 2. The molecule has 0 spiro atoms. The van der Waals surface area contributed by atoms with Crippen LogP contribution in [0.4, 0.5) is 0 Å². The largest absolute Gasteiger partial charge is 0.494 e. The van der Waals surface area contributed by atoms with E-state index in [-0.39, 0.29) is 11.7 Å². The first-order valence-corrected chi connectivity index (χ1v) is 13.6. The standard InChI is InChI=1S/C31H37N3O3/c1-24-7-5-16-33(24)17-6-22-37-27-14-12-26(13-15-27)30(35)23-32-18-20-34(21-19-32)31(36)29-11-4-9-25-8-2-3-10-28(25)29/h2-4,8-15,24H,5-7,16-23H2,1H3. The van der Waals surface area contributed by atoms with Gasteiger partial charge in [0.05, 0.1) is 13.2 Å². The number of nitrogens with zero attached hydrogens (tertiary/aromatic N) is 3. The Morgan fingerprint density at radius 2 is 1.65 bits per heavy atom. The molecule has 1 unspecified atom stereocenters. The molecule has 2 aliphatic heterocycles. The fourth-order valence-electron chi connectivity index (χ4n) is 5.51. The number of fused-ring (bicyclic) bond motifs is 1. The number of rotatable bonds is 9. The molecule has 2 saturated heterocycles. The molecule has 37 heavy (non-hydrogen) atoms. The Hall–Kier alpha value is -3.22. The SMILES string of the molecule is CC1CCCN1CCCOc1ccc(C(=O)CN2CCN(C(=O)c3cccc4ccccc34)CC2)cc1. The Morgan fingerprint density at radius 3 is 2.41 bits per heavy atom. The van der Waals surface area contributed by atoms with E-state index in [1.807, 2.05) is 71.6 Å². The average Bonchev–Trinajstić information content (AvgIpc) is 3.35. The highest BCUT2D eigenvalue weighted by Gasteiger charge is 2.24. The zero-order valence-corrected chi connectivity index (χ0v) is 21.8. The Bertz CT molecular complexity index is 1210. The summed E-state index contributed by atoms with van der Waals surface area (Å²) in [7, 11) is 0. The van der Waals surface area contributed by atoms with Gasteiger partial charge in [0.1, 0.15) is 5.75 Å². The van der Waals surface area contributed by atoms with Crippen LogP contribution in [0, 0.1) is 0 Å². The van der Waals surface area contributed by atoms with Crippen molar-refractivity contribution in [2.45, 2.75) is 32.2 Å². The van der Waals surface area contributed by atoms with Crippen LogP contribution in [-0.4, -0.2) is 84.9 Å². The number of ether oxygens (including phenoxy) is 1. The van der Waals surface area contributed by atoms with E-state index in [0.29, 0.717) is 50.9 Å². The van der Waals surface area contributed by atoms with Crippen LogP contribution in [0.2, 0.25) is 0 Å².